The number of oxime groups is 1. The van der Waals surface area contributed by atoms with Crippen molar-refractivity contribution in [1.82, 2.24) is 0 Å². The maximum absolute atomic E-state index is 11.0. The van der Waals surface area contributed by atoms with E-state index in [1.807, 2.05) is 6.07 Å². The normalized spacial score (nSPS) is 11.2. The summed E-state index contributed by atoms with van der Waals surface area (Å²) in [7, 11) is 0. The Morgan fingerprint density at radius 2 is 1.92 bits per heavy atom. The van der Waals surface area contributed by atoms with Gasteiger partial charge in [0.1, 0.15) is 5.75 Å². The van der Waals surface area contributed by atoms with Gasteiger partial charge in [-0.15, -0.1) is 0 Å². The summed E-state index contributed by atoms with van der Waals surface area (Å²) in [6.45, 7) is 1.69. The minimum atomic E-state index is -0.764. The maximum atomic E-state index is 11.0. The molecule has 0 saturated carbocycles. The van der Waals surface area contributed by atoms with Crippen molar-refractivity contribution in [3.8, 4) is 11.5 Å². The van der Waals surface area contributed by atoms with Crippen LogP contribution in [0.3, 0.4) is 0 Å². The van der Waals surface area contributed by atoms with Gasteiger partial charge in [0.2, 0.25) is 5.75 Å². The van der Waals surface area contributed by atoms with Gasteiger partial charge in [-0.3, -0.25) is 20.2 Å². The van der Waals surface area contributed by atoms with Gasteiger partial charge in [-0.05, 0) is 43.5 Å². The van der Waals surface area contributed by atoms with Gasteiger partial charge < -0.3 is 9.94 Å². The number of phenolic OH excluding ortho intramolecular Hbond substituents is 1. The summed E-state index contributed by atoms with van der Waals surface area (Å²) in [6, 6.07) is 9.87. The quantitative estimate of drug-likeness (QED) is 0.464. The molecule has 0 unspecified atom stereocenters. The molecule has 0 bridgehead atoms. The van der Waals surface area contributed by atoms with E-state index >= 15 is 0 Å². The molecule has 0 spiro atoms. The van der Waals surface area contributed by atoms with E-state index in [-0.39, 0.29) is 11.5 Å². The Labute approximate surface area is 142 Å². The summed E-state index contributed by atoms with van der Waals surface area (Å²) in [5.74, 6) is -0.00264. The largest absolute Gasteiger partial charge is 0.508 e. The second-order valence-corrected chi connectivity index (χ2v) is 5.25. The highest BCUT2D eigenvalue weighted by molar-refractivity contribution is 5.81. The third-order valence-corrected chi connectivity index (χ3v) is 3.34. The van der Waals surface area contributed by atoms with Crippen LogP contribution in [0.25, 0.3) is 0 Å². The van der Waals surface area contributed by atoms with Gasteiger partial charge >= 0.3 is 5.69 Å². The molecule has 0 radical (unpaired) electrons. The second-order valence-electron chi connectivity index (χ2n) is 5.25. The van der Waals surface area contributed by atoms with Crippen molar-refractivity contribution in [3.05, 3.63) is 68.3 Å². The monoisotopic (exact) mass is 345 g/mol. The van der Waals surface area contributed by atoms with Gasteiger partial charge in [0.15, 0.2) is 0 Å². The van der Waals surface area contributed by atoms with Crippen molar-refractivity contribution in [2.24, 2.45) is 5.16 Å². The fraction of sp³-hybridized carbons (Fsp3) is 0.188. The number of nitro groups is 2. The average molecular weight is 345 g/mol. The fourth-order valence-corrected chi connectivity index (χ4v) is 2.05. The predicted molar refractivity (Wildman–Crippen MR) is 89.9 cm³/mol. The smallest absolute Gasteiger partial charge is 0.321 e. The Bertz CT molecular complexity index is 834. The topological polar surface area (TPSA) is 128 Å². The van der Waals surface area contributed by atoms with E-state index in [0.717, 1.165) is 23.8 Å². The zero-order valence-corrected chi connectivity index (χ0v) is 13.3. The molecule has 2 rings (SSSR count). The molecule has 9 heteroatoms. The first-order valence-electron chi connectivity index (χ1n) is 7.28. The zero-order chi connectivity index (χ0) is 18.4. The zero-order valence-electron chi connectivity index (χ0n) is 13.3. The molecule has 0 aliphatic heterocycles. The van der Waals surface area contributed by atoms with Gasteiger partial charge in [0.25, 0.3) is 5.69 Å². The van der Waals surface area contributed by atoms with Crippen LogP contribution >= 0.6 is 0 Å². The highest BCUT2D eigenvalue weighted by Gasteiger charge is 2.21. The van der Waals surface area contributed by atoms with Crippen molar-refractivity contribution in [1.29, 1.82) is 0 Å². The molecule has 0 aliphatic rings. The summed E-state index contributed by atoms with van der Waals surface area (Å²) in [5.41, 5.74) is 0.564. The minimum absolute atomic E-state index is 0.171. The van der Waals surface area contributed by atoms with E-state index in [1.165, 1.54) is 0 Å². The number of aromatic hydroxyl groups is 1. The number of nitro benzene ring substituents is 2. The molecule has 0 aromatic heterocycles. The summed E-state index contributed by atoms with van der Waals surface area (Å²) in [5, 5.41) is 34.9. The molecule has 130 valence electrons. The number of rotatable bonds is 7. The van der Waals surface area contributed by atoms with Gasteiger partial charge in [0.05, 0.1) is 21.6 Å². The van der Waals surface area contributed by atoms with Gasteiger partial charge in [-0.25, -0.2) is 0 Å². The molecule has 2 aromatic rings. The van der Waals surface area contributed by atoms with E-state index < -0.39 is 21.2 Å². The number of phenols is 1. The van der Waals surface area contributed by atoms with Gasteiger partial charge in [0, 0.05) is 6.07 Å². The Morgan fingerprint density at radius 3 is 2.56 bits per heavy atom. The molecule has 0 aliphatic carbocycles. The van der Waals surface area contributed by atoms with Crippen LogP contribution in [-0.2, 0) is 6.42 Å². The average Bonchev–Trinajstić information content (AvgIpc) is 2.57. The van der Waals surface area contributed by atoms with Crippen molar-refractivity contribution < 1.29 is 19.8 Å². The van der Waals surface area contributed by atoms with Crippen LogP contribution in [0.15, 0.2) is 47.6 Å². The first kappa shape index (κ1) is 17.9. The van der Waals surface area contributed by atoms with Crippen LogP contribution in [-0.4, -0.2) is 20.7 Å². The highest BCUT2D eigenvalue weighted by Crippen LogP contribution is 2.31. The molecule has 25 heavy (non-hydrogen) atoms. The van der Waals surface area contributed by atoms with Crippen molar-refractivity contribution >= 4 is 17.1 Å². The predicted octanol–water partition coefficient (Wildman–Crippen LogP) is 3.60. The van der Waals surface area contributed by atoms with Gasteiger partial charge in [-0.2, -0.15) is 0 Å². The highest BCUT2D eigenvalue weighted by atomic mass is 16.7. The molecule has 9 nitrogen and oxygen atoms in total. The van der Waals surface area contributed by atoms with Gasteiger partial charge in [-0.1, -0.05) is 17.3 Å². The van der Waals surface area contributed by atoms with Crippen molar-refractivity contribution in [2.45, 2.75) is 19.8 Å². The second kappa shape index (κ2) is 7.86. The van der Waals surface area contributed by atoms with E-state index in [1.54, 1.807) is 25.1 Å². The summed E-state index contributed by atoms with van der Waals surface area (Å²) in [6.07, 6.45) is 1.12. The molecule has 0 amide bonds. The Morgan fingerprint density at radius 1 is 1.16 bits per heavy atom. The first-order chi connectivity index (χ1) is 11.9. The van der Waals surface area contributed by atoms with Crippen LogP contribution in [0.5, 0.6) is 11.5 Å². The van der Waals surface area contributed by atoms with E-state index in [9.17, 15) is 25.3 Å². The molecule has 0 fully saturated rings. The third kappa shape index (κ3) is 4.99. The third-order valence-electron chi connectivity index (χ3n) is 3.34. The van der Waals surface area contributed by atoms with E-state index in [0.29, 0.717) is 18.6 Å². The number of aryl methyl sites for hydroxylation is 1. The number of non-ortho nitro benzene ring substituents is 1. The maximum Gasteiger partial charge on any atom is 0.321 e. The van der Waals surface area contributed by atoms with Crippen molar-refractivity contribution in [2.75, 3.05) is 0 Å². The molecular formula is C16H15N3O6. The summed E-state index contributed by atoms with van der Waals surface area (Å²) in [4.78, 5) is 25.3. The molecule has 0 heterocycles. The number of benzene rings is 2. The Kier molecular flexibility index (Phi) is 5.62. The minimum Gasteiger partial charge on any atom is -0.508 e. The molecule has 2 aromatic carbocycles. The lowest BCUT2D eigenvalue weighted by molar-refractivity contribution is -0.394. The number of hydrogen-bond donors (Lipinski definition) is 1. The molecule has 0 saturated heterocycles. The molecular weight excluding hydrogens is 330 g/mol. The SMILES string of the molecule is C/C(CCc1cccc(O)c1)=N\Oc1ccc([N+](=O)[O-])cc1[N+](=O)[O-]. The number of hydrogen-bond acceptors (Lipinski definition) is 7. The van der Waals surface area contributed by atoms with E-state index in [2.05, 4.69) is 5.16 Å². The number of nitrogens with zero attached hydrogens (tertiary/aromatic N) is 3. The lowest BCUT2D eigenvalue weighted by Gasteiger charge is -2.04. The fourth-order valence-electron chi connectivity index (χ4n) is 2.05. The first-order valence-corrected chi connectivity index (χ1v) is 7.28. The molecule has 1 N–H and O–H groups in total. The summed E-state index contributed by atoms with van der Waals surface area (Å²) >= 11 is 0. The van der Waals surface area contributed by atoms with Crippen molar-refractivity contribution in [3.63, 3.8) is 0 Å². The van der Waals surface area contributed by atoms with Crippen LogP contribution in [0.2, 0.25) is 0 Å². The molecule has 0 atom stereocenters. The Balaban J connectivity index is 2.07. The van der Waals surface area contributed by atoms with E-state index in [4.69, 9.17) is 4.84 Å². The van der Waals surface area contributed by atoms with Crippen LogP contribution in [0, 0.1) is 20.2 Å². The standard InChI is InChI=1S/C16H15N3O6/c1-11(5-6-12-3-2-4-14(20)9-12)17-25-16-8-7-13(18(21)22)10-15(16)19(23)24/h2-4,7-10,20H,5-6H2,1H3/b17-11+. The van der Waals surface area contributed by atoms with Crippen LogP contribution < -0.4 is 4.84 Å². The van der Waals surface area contributed by atoms with Crippen LogP contribution in [0.1, 0.15) is 18.9 Å². The lowest BCUT2D eigenvalue weighted by atomic mass is 10.1. The summed E-state index contributed by atoms with van der Waals surface area (Å²) < 4.78 is 0. The lowest BCUT2D eigenvalue weighted by Crippen LogP contribution is -2.00. The Hall–Kier alpha value is -3.49. The van der Waals surface area contributed by atoms with Crippen LogP contribution in [0.4, 0.5) is 11.4 Å².